The van der Waals surface area contributed by atoms with Gasteiger partial charge in [0.25, 0.3) is 0 Å². The summed E-state index contributed by atoms with van der Waals surface area (Å²) in [5.41, 5.74) is 0.125. The lowest BCUT2D eigenvalue weighted by molar-refractivity contribution is -0.365. The van der Waals surface area contributed by atoms with Crippen LogP contribution in [0.5, 0.6) is 0 Å². The SMILES string of the molecule is CC(C)[C@@H]1CC[C@@H](C)C[C@]12OC(=O)C[C@]1(CC[C@H]3[C@]4(C)CC[C@H]5C(C)(C)[C@@H](O)CC[C@]5(C)[C@H]4CC[C@@]31C)O2. The Bertz CT molecular complexity index is 974. The first kappa shape index (κ1) is 27.6. The van der Waals surface area contributed by atoms with Gasteiger partial charge in [0.15, 0.2) is 0 Å². The highest BCUT2D eigenvalue weighted by atomic mass is 16.7. The van der Waals surface area contributed by atoms with Crippen LogP contribution in [0, 0.1) is 57.2 Å². The van der Waals surface area contributed by atoms with E-state index in [1.54, 1.807) is 0 Å². The van der Waals surface area contributed by atoms with Crippen LogP contribution in [0.25, 0.3) is 0 Å². The van der Waals surface area contributed by atoms with E-state index in [9.17, 15) is 9.90 Å². The summed E-state index contributed by atoms with van der Waals surface area (Å²) in [6, 6.07) is 0. The van der Waals surface area contributed by atoms with Crippen molar-refractivity contribution in [3.8, 4) is 0 Å². The molecular weight excluding hydrogens is 472 g/mol. The molecule has 1 N–H and O–H groups in total. The summed E-state index contributed by atoms with van der Waals surface area (Å²) in [5.74, 6) is 2.30. The second-order valence-corrected chi connectivity index (χ2v) is 16.9. The van der Waals surface area contributed by atoms with E-state index >= 15 is 0 Å². The summed E-state index contributed by atoms with van der Waals surface area (Å²) in [4.78, 5) is 13.6. The highest BCUT2D eigenvalue weighted by Gasteiger charge is 2.73. The lowest BCUT2D eigenvalue weighted by Crippen LogP contribution is -2.67. The number of esters is 1. The number of ether oxygens (including phenoxy) is 2. The van der Waals surface area contributed by atoms with E-state index in [0.29, 0.717) is 36.0 Å². The van der Waals surface area contributed by atoms with E-state index in [2.05, 4.69) is 55.4 Å². The normalized spacial score (nSPS) is 55.9. The Labute approximate surface area is 232 Å². The molecule has 11 atom stereocenters. The molecular formula is C34H56O4. The van der Waals surface area contributed by atoms with Gasteiger partial charge < -0.3 is 14.6 Å². The fourth-order valence-electron chi connectivity index (χ4n) is 12.7. The number of aliphatic hydroxyl groups excluding tert-OH is 1. The minimum Gasteiger partial charge on any atom is -0.433 e. The first-order valence-corrected chi connectivity index (χ1v) is 16.2. The van der Waals surface area contributed by atoms with Crippen LogP contribution in [0.15, 0.2) is 0 Å². The quantitative estimate of drug-likeness (QED) is 0.351. The van der Waals surface area contributed by atoms with Crippen LogP contribution in [-0.2, 0) is 14.3 Å². The van der Waals surface area contributed by atoms with Crippen LogP contribution >= 0.6 is 0 Å². The summed E-state index contributed by atoms with van der Waals surface area (Å²) < 4.78 is 13.8. The number of rotatable bonds is 1. The second-order valence-electron chi connectivity index (χ2n) is 16.9. The number of carbonyl (C=O) groups excluding carboxylic acids is 1. The van der Waals surface area contributed by atoms with Crippen molar-refractivity contribution in [3.63, 3.8) is 0 Å². The highest BCUT2D eigenvalue weighted by molar-refractivity contribution is 5.72. The Morgan fingerprint density at radius 1 is 0.816 bits per heavy atom. The summed E-state index contributed by atoms with van der Waals surface area (Å²) in [7, 11) is 0. The maximum absolute atomic E-state index is 13.6. The predicted octanol–water partition coefficient (Wildman–Crippen LogP) is 7.91. The number of fused-ring (bicyclic) bond motifs is 6. The van der Waals surface area contributed by atoms with Gasteiger partial charge in [-0.25, -0.2) is 0 Å². The molecule has 38 heavy (non-hydrogen) atoms. The van der Waals surface area contributed by atoms with Crippen molar-refractivity contribution in [3.05, 3.63) is 0 Å². The van der Waals surface area contributed by atoms with Gasteiger partial charge in [0.2, 0.25) is 5.79 Å². The van der Waals surface area contributed by atoms with Crippen LogP contribution in [0.3, 0.4) is 0 Å². The maximum atomic E-state index is 13.6. The van der Waals surface area contributed by atoms with E-state index in [0.717, 1.165) is 38.5 Å². The van der Waals surface area contributed by atoms with Crippen molar-refractivity contribution in [2.75, 3.05) is 0 Å². The Morgan fingerprint density at radius 3 is 2.16 bits per heavy atom. The van der Waals surface area contributed by atoms with Crippen LogP contribution in [0.1, 0.15) is 132 Å². The van der Waals surface area contributed by atoms with Gasteiger partial charge in [-0.2, -0.15) is 0 Å². The van der Waals surface area contributed by atoms with Crippen molar-refractivity contribution in [2.45, 2.75) is 150 Å². The highest BCUT2D eigenvalue weighted by Crippen LogP contribution is 2.76. The fourth-order valence-corrected chi connectivity index (χ4v) is 12.7. The Balaban J connectivity index is 1.36. The molecule has 1 heterocycles. The van der Waals surface area contributed by atoms with Crippen molar-refractivity contribution in [1.29, 1.82) is 0 Å². The molecule has 0 amide bonds. The maximum Gasteiger partial charge on any atom is 0.311 e. The number of carbonyl (C=O) groups is 1. The molecule has 0 aromatic rings. The summed E-state index contributed by atoms with van der Waals surface area (Å²) in [6.07, 6.45) is 12.5. The molecule has 1 saturated heterocycles. The third-order valence-corrected chi connectivity index (χ3v) is 14.5. The van der Waals surface area contributed by atoms with Crippen molar-refractivity contribution < 1.29 is 19.4 Å². The molecule has 4 heteroatoms. The Kier molecular flexibility index (Phi) is 6.14. The van der Waals surface area contributed by atoms with Gasteiger partial charge in [0, 0.05) is 17.8 Å². The molecule has 5 saturated carbocycles. The fraction of sp³-hybridized carbons (Fsp3) is 0.971. The van der Waals surface area contributed by atoms with Crippen LogP contribution < -0.4 is 0 Å². The monoisotopic (exact) mass is 528 g/mol. The van der Waals surface area contributed by atoms with Crippen molar-refractivity contribution in [1.82, 2.24) is 0 Å². The first-order valence-electron chi connectivity index (χ1n) is 16.2. The molecule has 216 valence electrons. The standard InChI is InChI=1S/C34H56O4/c1-21(2)23-10-9-22(3)19-34(23)37-28(36)20-33(38-34)18-13-26-31(7)15-11-24-29(4,5)27(35)14-16-30(24,6)25(31)12-17-32(26,33)8/h21-27,35H,9-20H2,1-8H3/t22-,23+,24+,25-,26+,27+,30+,31-,32+,33+,34-/m1/s1. The molecule has 6 rings (SSSR count). The molecule has 0 radical (unpaired) electrons. The van der Waals surface area contributed by atoms with Crippen molar-refractivity contribution in [2.24, 2.45) is 57.2 Å². The molecule has 0 aromatic heterocycles. The van der Waals surface area contributed by atoms with E-state index in [4.69, 9.17) is 9.47 Å². The zero-order valence-electron chi connectivity index (χ0n) is 25.7. The molecule has 2 spiro atoms. The largest absolute Gasteiger partial charge is 0.433 e. The molecule has 0 aromatic carbocycles. The van der Waals surface area contributed by atoms with Gasteiger partial charge in [-0.3, -0.25) is 4.79 Å². The van der Waals surface area contributed by atoms with Gasteiger partial charge in [0.05, 0.1) is 18.1 Å². The molecule has 5 aliphatic carbocycles. The zero-order valence-corrected chi connectivity index (χ0v) is 25.7. The zero-order chi connectivity index (χ0) is 27.5. The Morgan fingerprint density at radius 2 is 1.45 bits per heavy atom. The summed E-state index contributed by atoms with van der Waals surface area (Å²) >= 11 is 0. The Hall–Kier alpha value is -0.610. The van der Waals surface area contributed by atoms with E-state index in [1.165, 1.54) is 32.1 Å². The van der Waals surface area contributed by atoms with Crippen LogP contribution in [0.4, 0.5) is 0 Å². The van der Waals surface area contributed by atoms with Crippen LogP contribution in [-0.4, -0.2) is 28.6 Å². The van der Waals surface area contributed by atoms with Gasteiger partial charge in [-0.05, 0) is 110 Å². The summed E-state index contributed by atoms with van der Waals surface area (Å²) in [5, 5.41) is 11.0. The van der Waals surface area contributed by atoms with E-state index < -0.39 is 11.4 Å². The predicted molar refractivity (Wildman–Crippen MR) is 150 cm³/mol. The van der Waals surface area contributed by atoms with Crippen molar-refractivity contribution >= 4 is 5.97 Å². The number of hydrogen-bond donors (Lipinski definition) is 1. The van der Waals surface area contributed by atoms with E-state index in [-0.39, 0.29) is 39.7 Å². The number of aliphatic hydroxyl groups is 1. The van der Waals surface area contributed by atoms with Gasteiger partial charge in [-0.1, -0.05) is 55.4 Å². The lowest BCUT2D eigenvalue weighted by atomic mass is 9.36. The third kappa shape index (κ3) is 3.43. The van der Waals surface area contributed by atoms with Crippen LogP contribution in [0.2, 0.25) is 0 Å². The van der Waals surface area contributed by atoms with Gasteiger partial charge in [0.1, 0.15) is 0 Å². The average Bonchev–Trinajstić information content (AvgIpc) is 3.07. The average molecular weight is 529 g/mol. The molecule has 0 unspecified atom stereocenters. The topological polar surface area (TPSA) is 55.8 Å². The molecule has 6 fully saturated rings. The molecule has 4 nitrogen and oxygen atoms in total. The number of hydrogen-bond acceptors (Lipinski definition) is 4. The minimum atomic E-state index is -0.746. The summed E-state index contributed by atoms with van der Waals surface area (Å²) in [6.45, 7) is 19.3. The molecule has 0 bridgehead atoms. The van der Waals surface area contributed by atoms with E-state index in [1.807, 2.05) is 0 Å². The van der Waals surface area contributed by atoms with Gasteiger partial charge >= 0.3 is 5.97 Å². The first-order chi connectivity index (χ1) is 17.6. The lowest BCUT2D eigenvalue weighted by Gasteiger charge is -2.69. The van der Waals surface area contributed by atoms with Gasteiger partial charge in [-0.15, -0.1) is 0 Å². The molecule has 1 aliphatic heterocycles. The third-order valence-electron chi connectivity index (χ3n) is 14.5. The molecule has 6 aliphatic rings. The smallest absolute Gasteiger partial charge is 0.311 e. The minimum absolute atomic E-state index is 0.000198. The second kappa shape index (κ2) is 8.46.